The summed E-state index contributed by atoms with van der Waals surface area (Å²) in [6, 6.07) is 7.23. The molecule has 9 nitrogen and oxygen atoms in total. The molecule has 4 atom stereocenters. The minimum Gasteiger partial charge on any atom is -0.497 e. The first-order valence-electron chi connectivity index (χ1n) is 10.8. The standard InChI is InChI=1S/C23H25N3O6S2/c1-11-17-16(12(2)27)21(29)26(17)18(22(30)31)19(11)34-23-25-15(10-33-23)20(28)24-8-7-13-5-4-6-14(9-13)32-3/h4-6,9-12,16-17,27H,7-8H2,1-3H3,(H,24,28)(H,30,31)/t11-,12-,16-,17-/m1/s1. The molecule has 0 radical (unpaired) electrons. The number of carbonyl (C=O) groups is 3. The largest absolute Gasteiger partial charge is 0.497 e. The van der Waals surface area contributed by atoms with Crippen LogP contribution in [-0.4, -0.2) is 63.7 Å². The fourth-order valence-electron chi connectivity index (χ4n) is 4.40. The maximum atomic E-state index is 12.5. The van der Waals surface area contributed by atoms with Gasteiger partial charge in [-0.25, -0.2) is 9.78 Å². The number of nitrogens with zero attached hydrogens (tertiary/aromatic N) is 2. The zero-order chi connectivity index (χ0) is 24.6. The number of fused-ring (bicyclic) bond motifs is 1. The van der Waals surface area contributed by atoms with Crippen molar-refractivity contribution in [2.75, 3.05) is 13.7 Å². The maximum absolute atomic E-state index is 12.5. The number of carbonyl (C=O) groups excluding carboxylic acids is 2. The number of rotatable bonds is 9. The SMILES string of the molecule is COc1cccc(CCNC(=O)c2csc(SC3=C(C(=O)O)N4C(=O)[C@H]([C@@H](C)O)[C@H]4[C@H]3C)n2)c1. The molecule has 2 aliphatic rings. The van der Waals surface area contributed by atoms with E-state index in [1.807, 2.05) is 31.2 Å². The van der Waals surface area contributed by atoms with Crippen molar-refractivity contribution in [3.05, 3.63) is 51.5 Å². The number of hydrogen-bond donors (Lipinski definition) is 3. The molecule has 0 bridgehead atoms. The van der Waals surface area contributed by atoms with Gasteiger partial charge in [0, 0.05) is 22.7 Å². The number of methoxy groups -OCH3 is 1. The number of amides is 2. The number of carboxylic acid groups (broad SMARTS) is 1. The van der Waals surface area contributed by atoms with Gasteiger partial charge >= 0.3 is 5.97 Å². The van der Waals surface area contributed by atoms with Gasteiger partial charge in [0.1, 0.15) is 17.1 Å². The fourth-order valence-corrected chi connectivity index (χ4v) is 6.47. The Hall–Kier alpha value is -2.89. The van der Waals surface area contributed by atoms with Crippen molar-refractivity contribution in [3.63, 3.8) is 0 Å². The summed E-state index contributed by atoms with van der Waals surface area (Å²) in [4.78, 5) is 43.1. The lowest BCUT2D eigenvalue weighted by Gasteiger charge is -2.46. The van der Waals surface area contributed by atoms with Gasteiger partial charge in [0.25, 0.3) is 5.91 Å². The molecule has 11 heteroatoms. The molecule has 1 aromatic carbocycles. The van der Waals surface area contributed by atoms with Crippen LogP contribution in [-0.2, 0) is 16.0 Å². The van der Waals surface area contributed by atoms with E-state index >= 15 is 0 Å². The van der Waals surface area contributed by atoms with Crippen LogP contribution >= 0.6 is 23.1 Å². The summed E-state index contributed by atoms with van der Waals surface area (Å²) >= 11 is 2.40. The molecule has 0 saturated carbocycles. The minimum absolute atomic E-state index is 0.0658. The molecular formula is C23H25N3O6S2. The van der Waals surface area contributed by atoms with Crippen LogP contribution < -0.4 is 10.1 Å². The molecule has 3 heterocycles. The van der Waals surface area contributed by atoms with Crippen molar-refractivity contribution in [3.8, 4) is 5.75 Å². The first kappa shape index (κ1) is 24.2. The summed E-state index contributed by atoms with van der Waals surface area (Å²) in [7, 11) is 1.60. The molecule has 34 heavy (non-hydrogen) atoms. The number of aromatic nitrogens is 1. The zero-order valence-electron chi connectivity index (χ0n) is 18.8. The van der Waals surface area contributed by atoms with Crippen LogP contribution in [0, 0.1) is 11.8 Å². The van der Waals surface area contributed by atoms with Crippen LogP contribution in [0.15, 0.2) is 44.6 Å². The average molecular weight is 504 g/mol. The number of aliphatic carboxylic acids is 1. The van der Waals surface area contributed by atoms with Crippen molar-refractivity contribution in [2.24, 2.45) is 11.8 Å². The summed E-state index contributed by atoms with van der Waals surface area (Å²) in [5.74, 6) is -2.02. The van der Waals surface area contributed by atoms with Crippen LogP contribution in [0.25, 0.3) is 0 Å². The van der Waals surface area contributed by atoms with E-state index < -0.39 is 18.0 Å². The van der Waals surface area contributed by atoms with Crippen LogP contribution in [0.3, 0.4) is 0 Å². The van der Waals surface area contributed by atoms with Crippen molar-refractivity contribution < 1.29 is 29.3 Å². The van der Waals surface area contributed by atoms with Crippen LogP contribution in [0.1, 0.15) is 29.9 Å². The van der Waals surface area contributed by atoms with Crippen molar-refractivity contribution in [1.82, 2.24) is 15.2 Å². The van der Waals surface area contributed by atoms with Crippen molar-refractivity contribution >= 4 is 40.9 Å². The lowest BCUT2D eigenvalue weighted by molar-refractivity contribution is -0.163. The third-order valence-electron chi connectivity index (χ3n) is 6.06. The third-order valence-corrected chi connectivity index (χ3v) is 8.28. The van der Waals surface area contributed by atoms with E-state index in [2.05, 4.69) is 10.3 Å². The topological polar surface area (TPSA) is 129 Å². The summed E-state index contributed by atoms with van der Waals surface area (Å²) in [5, 5.41) is 24.2. The highest BCUT2D eigenvalue weighted by atomic mass is 32.2. The van der Waals surface area contributed by atoms with Gasteiger partial charge in [-0.05, 0) is 31.0 Å². The van der Waals surface area contributed by atoms with Gasteiger partial charge in [-0.3, -0.25) is 9.59 Å². The summed E-state index contributed by atoms with van der Waals surface area (Å²) in [6.07, 6.45) is -0.223. The van der Waals surface area contributed by atoms with Crippen molar-refractivity contribution in [1.29, 1.82) is 0 Å². The Bertz CT molecular complexity index is 1160. The first-order chi connectivity index (χ1) is 16.2. The number of ether oxygens (including phenoxy) is 1. The molecule has 3 N–H and O–H groups in total. The van der Waals surface area contributed by atoms with Gasteiger partial charge < -0.3 is 25.2 Å². The summed E-state index contributed by atoms with van der Waals surface area (Å²) in [6.45, 7) is 3.81. The summed E-state index contributed by atoms with van der Waals surface area (Å²) in [5.41, 5.74) is 1.22. The average Bonchev–Trinajstić information content (AvgIpc) is 3.36. The Labute approximate surface area is 204 Å². The number of aliphatic hydroxyl groups is 1. The molecule has 1 saturated heterocycles. The van der Waals surface area contributed by atoms with Gasteiger partial charge in [0.2, 0.25) is 5.91 Å². The van der Waals surface area contributed by atoms with Crippen LogP contribution in [0.2, 0.25) is 0 Å². The number of β-lactam (4-membered cyclic amide) rings is 1. The van der Waals surface area contributed by atoms with E-state index in [0.717, 1.165) is 23.1 Å². The molecule has 180 valence electrons. The quantitative estimate of drug-likeness (QED) is 0.445. The van der Waals surface area contributed by atoms with Crippen LogP contribution in [0.4, 0.5) is 0 Å². The number of thioether (sulfide) groups is 1. The molecule has 1 aromatic heterocycles. The van der Waals surface area contributed by atoms with Gasteiger partial charge in [-0.1, -0.05) is 30.8 Å². The number of aliphatic hydroxyl groups excluding tert-OH is 1. The number of carboxylic acids is 1. The van der Waals surface area contributed by atoms with Crippen molar-refractivity contribution in [2.45, 2.75) is 36.8 Å². The highest BCUT2D eigenvalue weighted by Crippen LogP contribution is 2.52. The normalized spacial score (nSPS) is 22.3. The van der Waals surface area contributed by atoms with Gasteiger partial charge in [-0.15, -0.1) is 11.3 Å². The summed E-state index contributed by atoms with van der Waals surface area (Å²) < 4.78 is 5.72. The maximum Gasteiger partial charge on any atom is 0.353 e. The van der Waals surface area contributed by atoms with Gasteiger partial charge in [0.15, 0.2) is 4.34 Å². The van der Waals surface area contributed by atoms with E-state index in [1.165, 1.54) is 23.2 Å². The van der Waals surface area contributed by atoms with Gasteiger partial charge in [-0.2, -0.15) is 0 Å². The van der Waals surface area contributed by atoms with E-state index in [4.69, 9.17) is 4.74 Å². The highest BCUT2D eigenvalue weighted by Gasteiger charge is 2.60. The van der Waals surface area contributed by atoms with E-state index in [-0.39, 0.29) is 35.2 Å². The lowest BCUT2D eigenvalue weighted by atomic mass is 9.79. The second kappa shape index (κ2) is 9.77. The Balaban J connectivity index is 1.41. The predicted molar refractivity (Wildman–Crippen MR) is 127 cm³/mol. The fraction of sp³-hybridized carbons (Fsp3) is 0.391. The van der Waals surface area contributed by atoms with Crippen LogP contribution in [0.5, 0.6) is 5.75 Å². The number of hydrogen-bond acceptors (Lipinski definition) is 8. The Morgan fingerprint density at radius 3 is 2.82 bits per heavy atom. The monoisotopic (exact) mass is 503 g/mol. The molecule has 0 unspecified atom stereocenters. The van der Waals surface area contributed by atoms with E-state index in [1.54, 1.807) is 12.5 Å². The molecule has 2 aliphatic heterocycles. The molecular weight excluding hydrogens is 478 g/mol. The molecule has 0 spiro atoms. The number of nitrogens with one attached hydrogen (secondary N) is 1. The number of benzene rings is 1. The number of thiazole rings is 1. The second-order valence-corrected chi connectivity index (χ2v) is 10.4. The minimum atomic E-state index is -1.19. The van der Waals surface area contributed by atoms with Gasteiger partial charge in [0.05, 0.1) is 25.2 Å². The molecule has 1 fully saturated rings. The Morgan fingerprint density at radius 2 is 2.15 bits per heavy atom. The Kier molecular flexibility index (Phi) is 6.96. The first-order valence-corrected chi connectivity index (χ1v) is 12.5. The molecule has 2 aromatic rings. The van der Waals surface area contributed by atoms with E-state index in [0.29, 0.717) is 22.2 Å². The van der Waals surface area contributed by atoms with E-state index in [9.17, 15) is 24.6 Å². The second-order valence-electron chi connectivity index (χ2n) is 8.23. The molecule has 2 amide bonds. The lowest BCUT2D eigenvalue weighted by Crippen LogP contribution is -2.63. The zero-order valence-corrected chi connectivity index (χ0v) is 20.5. The molecule has 4 rings (SSSR count). The third kappa shape index (κ3) is 4.42. The Morgan fingerprint density at radius 1 is 1.38 bits per heavy atom. The smallest absolute Gasteiger partial charge is 0.353 e. The molecule has 0 aliphatic carbocycles. The predicted octanol–water partition coefficient (Wildman–Crippen LogP) is 2.37. The highest BCUT2D eigenvalue weighted by molar-refractivity contribution is 8.04.